The molecule has 9 nitrogen and oxygen atoms in total. The third-order valence-corrected chi connectivity index (χ3v) is 0. The van der Waals surface area contributed by atoms with Crippen LogP contribution in [0.5, 0.6) is 0 Å². The van der Waals surface area contributed by atoms with E-state index in [1.165, 1.54) is 0 Å². The maximum absolute atomic E-state index is 8.93. The molecule has 0 aliphatic carbocycles. The number of rotatable bonds is 0. The fourth-order valence-corrected chi connectivity index (χ4v) is 0. The van der Waals surface area contributed by atoms with Crippen LogP contribution in [0, 0.1) is 0 Å². The van der Waals surface area contributed by atoms with Crippen LogP contribution in [0.1, 0.15) is 62.3 Å². The van der Waals surface area contributed by atoms with Crippen molar-refractivity contribution in [2.24, 2.45) is 0 Å². The molecule has 0 aliphatic heterocycles. The number of aliphatic hydroxyl groups excluding tert-OH is 4. The quantitative estimate of drug-likeness (QED) is 0.238. The van der Waals surface area contributed by atoms with Crippen LogP contribution < -0.4 is 25.5 Å². The van der Waals surface area contributed by atoms with Crippen molar-refractivity contribution in [2.45, 2.75) is 62.3 Å². The van der Waals surface area contributed by atoms with Crippen molar-refractivity contribution >= 4 is 51.4 Å². The molecule has 0 amide bonds. The van der Waals surface area contributed by atoms with Crippen LogP contribution in [-0.4, -0.2) is 131 Å². The molecule has 0 aromatic carbocycles. The Balaban J connectivity index is -0.0000000120. The van der Waals surface area contributed by atoms with Crippen molar-refractivity contribution in [1.29, 1.82) is 0 Å². The van der Waals surface area contributed by atoms with Crippen LogP contribution in [0.2, 0.25) is 0 Å². The summed E-state index contributed by atoms with van der Waals surface area (Å²) >= 11 is 0. The maximum Gasteiger partial charge on any atom is 3.00 e. The molecule has 0 radical (unpaired) electrons. The fraction of sp³-hybridized carbons (Fsp3) is 1.00. The molecule has 0 saturated carbocycles. The van der Waals surface area contributed by atoms with Gasteiger partial charge in [-0.2, -0.15) is 0 Å². The van der Waals surface area contributed by atoms with E-state index in [2.05, 4.69) is 0 Å². The molecule has 0 bridgehead atoms. The summed E-state index contributed by atoms with van der Waals surface area (Å²) in [6.07, 6.45) is 0. The average molecular weight is 493 g/mol. The van der Waals surface area contributed by atoms with Gasteiger partial charge in [-0.15, -0.1) is 33.0 Å². The number of aliphatic hydroxyl groups is 4. The molecule has 0 saturated heterocycles. The molecule has 0 fully saturated rings. The summed E-state index contributed by atoms with van der Waals surface area (Å²) in [5.41, 5.74) is 0. The summed E-state index contributed by atoms with van der Waals surface area (Å²) in [7, 11) is 0. The first-order valence-corrected chi connectivity index (χ1v) is 9.07. The van der Waals surface area contributed by atoms with Gasteiger partial charge >= 0.3 is 40.4 Å². The predicted octanol–water partition coefficient (Wildman–Crippen LogP) is -5.39. The summed E-state index contributed by atoms with van der Waals surface area (Å²) in [4.78, 5) is 0. The van der Waals surface area contributed by atoms with E-state index in [9.17, 15) is 0 Å². The first-order valence-electron chi connectivity index (χ1n) is 9.07. The molecular formula is C18H53AlMgO9Si. The first kappa shape index (κ1) is 77.2. The standard InChI is InChI=1S/4C2H6O.5C2H5O.Al.Mg.H4Si/c9*1-2-3;;;/h4*3H,2H2,1H3;5*2H2,1H3;;;1H4/q;;;;5*-1;+3;+2;. The molecule has 188 valence electrons. The molecule has 0 aliphatic rings. The third kappa shape index (κ3) is 17300. The second-order valence-corrected chi connectivity index (χ2v) is 2.71. The summed E-state index contributed by atoms with van der Waals surface area (Å²) in [6.45, 7) is 15.6. The van der Waals surface area contributed by atoms with Gasteiger partial charge in [-0.05, 0) is 38.7 Å². The second-order valence-electron chi connectivity index (χ2n) is 2.71. The van der Waals surface area contributed by atoms with Crippen molar-refractivity contribution in [2.75, 3.05) is 59.5 Å². The minimum absolute atomic E-state index is 0. The van der Waals surface area contributed by atoms with Crippen molar-refractivity contribution < 1.29 is 46.0 Å². The molecule has 12 heteroatoms. The van der Waals surface area contributed by atoms with Crippen molar-refractivity contribution in [3.63, 3.8) is 0 Å². The second kappa shape index (κ2) is 249. The predicted molar refractivity (Wildman–Crippen MR) is 127 cm³/mol. The Hall–Kier alpha value is 1.16. The van der Waals surface area contributed by atoms with E-state index in [1.807, 2.05) is 0 Å². The molecule has 30 heavy (non-hydrogen) atoms. The Morgan fingerprint density at radius 1 is 0.400 bits per heavy atom. The van der Waals surface area contributed by atoms with E-state index in [4.69, 9.17) is 46.0 Å². The maximum atomic E-state index is 8.93. The zero-order valence-corrected chi connectivity index (χ0v) is 23.0. The van der Waals surface area contributed by atoms with Crippen LogP contribution in [-0.2, 0) is 0 Å². The Morgan fingerprint density at radius 3 is 0.400 bits per heavy atom. The molecule has 0 aromatic heterocycles. The first-order chi connectivity index (χ1) is 12.7. The molecule has 0 rings (SSSR count). The third-order valence-electron chi connectivity index (χ3n) is 0. The van der Waals surface area contributed by atoms with Gasteiger partial charge in [-0.25, -0.2) is 0 Å². The van der Waals surface area contributed by atoms with Gasteiger partial charge in [-0.3, -0.25) is 0 Å². The molecular weight excluding hydrogens is 440 g/mol. The zero-order valence-electron chi connectivity index (χ0n) is 20.5. The summed E-state index contributed by atoms with van der Waals surface area (Å²) in [5.74, 6) is 0. The summed E-state index contributed by atoms with van der Waals surface area (Å²) in [5, 5.41) is 74.9. The van der Waals surface area contributed by atoms with E-state index < -0.39 is 0 Å². The minimum Gasteiger partial charge on any atom is -0.855 e. The van der Waals surface area contributed by atoms with Crippen LogP contribution in [0.15, 0.2) is 0 Å². The Bertz CT molecular complexity index is 72.1. The smallest absolute Gasteiger partial charge is 0.855 e. The molecule has 0 heterocycles. The van der Waals surface area contributed by atoms with Crippen molar-refractivity contribution in [3.8, 4) is 0 Å². The summed E-state index contributed by atoms with van der Waals surface area (Å²) in [6, 6.07) is 0. The average Bonchev–Trinajstić information content (AvgIpc) is 2.53. The van der Waals surface area contributed by atoms with E-state index in [0.29, 0.717) is 0 Å². The number of hydrogen-bond donors (Lipinski definition) is 4. The molecule has 0 spiro atoms. The van der Waals surface area contributed by atoms with Gasteiger partial charge in [0.15, 0.2) is 0 Å². The Kier molecular flexibility index (Phi) is 640. The Morgan fingerprint density at radius 2 is 0.400 bits per heavy atom. The van der Waals surface area contributed by atoms with Gasteiger partial charge < -0.3 is 46.0 Å². The van der Waals surface area contributed by atoms with Crippen molar-refractivity contribution in [1.82, 2.24) is 0 Å². The van der Waals surface area contributed by atoms with Crippen LogP contribution in [0.4, 0.5) is 0 Å². The van der Waals surface area contributed by atoms with Crippen LogP contribution in [0.25, 0.3) is 0 Å². The van der Waals surface area contributed by atoms with Gasteiger partial charge in [0.2, 0.25) is 0 Å². The minimum atomic E-state index is 0. The van der Waals surface area contributed by atoms with Gasteiger partial charge in [0.1, 0.15) is 0 Å². The fourth-order valence-electron chi connectivity index (χ4n) is 0. The SMILES string of the molecule is CCO.CCO.CCO.CCO.CC[O-].CC[O-].CC[O-].CC[O-].CC[O-].[Al+3].[Mg+2].[SiH4]. The molecule has 4 N–H and O–H groups in total. The normalized spacial score (nSPS) is 5.40. The van der Waals surface area contributed by atoms with E-state index in [1.54, 1.807) is 62.3 Å². The molecule has 0 aromatic rings. The van der Waals surface area contributed by atoms with Gasteiger partial charge in [-0.1, -0.05) is 34.6 Å². The van der Waals surface area contributed by atoms with Gasteiger partial charge in [0.25, 0.3) is 0 Å². The van der Waals surface area contributed by atoms with Gasteiger partial charge in [0, 0.05) is 26.4 Å². The molecule has 0 atom stereocenters. The Labute approximate surface area is 218 Å². The van der Waals surface area contributed by atoms with E-state index >= 15 is 0 Å². The largest absolute Gasteiger partial charge is 3.00 e. The van der Waals surface area contributed by atoms with Gasteiger partial charge in [0.05, 0.1) is 0 Å². The van der Waals surface area contributed by atoms with Crippen LogP contribution >= 0.6 is 0 Å². The number of hydrogen-bond acceptors (Lipinski definition) is 9. The van der Waals surface area contributed by atoms with E-state index in [0.717, 1.165) is 0 Å². The van der Waals surface area contributed by atoms with Crippen molar-refractivity contribution in [3.05, 3.63) is 0 Å². The summed E-state index contributed by atoms with van der Waals surface area (Å²) < 4.78 is 0. The topological polar surface area (TPSA) is 196 Å². The van der Waals surface area contributed by atoms with Crippen LogP contribution in [0.3, 0.4) is 0 Å². The molecule has 0 unspecified atom stereocenters. The zero-order chi connectivity index (χ0) is 24.4. The van der Waals surface area contributed by atoms with E-state index in [-0.39, 0.29) is 111 Å². The monoisotopic (exact) mass is 492 g/mol.